The minimum atomic E-state index is -0.387. The fourth-order valence-electron chi connectivity index (χ4n) is 8.47. The molecule has 5 fully saturated rings. The second-order valence-electron chi connectivity index (χ2n) is 13.5. The normalized spacial score (nSPS) is 28.0. The second kappa shape index (κ2) is 10.6. The van der Waals surface area contributed by atoms with E-state index in [0.29, 0.717) is 39.8 Å². The van der Waals surface area contributed by atoms with E-state index in [9.17, 15) is 14.3 Å². The Hall–Kier alpha value is -4.02. The first-order chi connectivity index (χ1) is 21.3. The molecule has 9 nitrogen and oxygen atoms in total. The van der Waals surface area contributed by atoms with Gasteiger partial charge >= 0.3 is 0 Å². The molecule has 5 aliphatic rings. The van der Waals surface area contributed by atoms with Gasteiger partial charge in [0.15, 0.2) is 5.78 Å². The number of aliphatic hydroxyl groups excluding tert-OH is 1. The van der Waals surface area contributed by atoms with Crippen LogP contribution in [0.2, 0.25) is 0 Å². The molecule has 0 amide bonds. The van der Waals surface area contributed by atoms with Crippen LogP contribution in [0.3, 0.4) is 0 Å². The van der Waals surface area contributed by atoms with Gasteiger partial charge in [-0.15, -0.1) is 0 Å². The third kappa shape index (κ3) is 4.90. The first-order valence-corrected chi connectivity index (χ1v) is 15.8. The quantitative estimate of drug-likeness (QED) is 0.217. The van der Waals surface area contributed by atoms with Gasteiger partial charge in [0.2, 0.25) is 5.95 Å². The zero-order valence-corrected chi connectivity index (χ0v) is 24.9. The number of fused-ring (bicyclic) bond motifs is 1. The number of aromatic nitrogens is 3. The largest absolute Gasteiger partial charge is 0.393 e. The maximum Gasteiger partial charge on any atom is 0.231 e. The number of nitrogens with one attached hydrogen (secondary N) is 3. The van der Waals surface area contributed by atoms with Gasteiger partial charge in [-0.2, -0.15) is 9.97 Å². The van der Waals surface area contributed by atoms with Crippen LogP contribution in [0.25, 0.3) is 11.0 Å². The number of benzene rings is 2. The molecule has 1 aliphatic heterocycles. The predicted octanol–water partition coefficient (Wildman–Crippen LogP) is 5.17. The molecule has 0 spiro atoms. The van der Waals surface area contributed by atoms with Gasteiger partial charge in [0.25, 0.3) is 0 Å². The van der Waals surface area contributed by atoms with Crippen molar-refractivity contribution >= 4 is 40.0 Å². The van der Waals surface area contributed by atoms with E-state index in [4.69, 9.17) is 9.97 Å². The molecule has 2 aromatic carbocycles. The molecule has 0 radical (unpaired) electrons. The highest BCUT2D eigenvalue weighted by molar-refractivity contribution is 6.18. The number of likely N-dealkylation sites (N-methyl/N-ethyl adjacent to an activating group) is 1. The molecule has 2 aromatic heterocycles. The van der Waals surface area contributed by atoms with E-state index < -0.39 is 0 Å². The van der Waals surface area contributed by atoms with Gasteiger partial charge < -0.3 is 30.5 Å². The lowest BCUT2D eigenvalue weighted by Gasteiger charge is -2.59. The van der Waals surface area contributed by atoms with Crippen LogP contribution < -0.4 is 15.5 Å². The molecule has 4 bridgehead atoms. The van der Waals surface area contributed by atoms with E-state index in [0.717, 1.165) is 64.0 Å². The van der Waals surface area contributed by atoms with E-state index in [1.54, 1.807) is 6.20 Å². The lowest BCUT2D eigenvalue weighted by atomic mass is 9.52. The fourth-order valence-corrected chi connectivity index (χ4v) is 8.47. The Kier molecular flexibility index (Phi) is 6.60. The molecule has 2 atom stereocenters. The van der Waals surface area contributed by atoms with E-state index in [1.807, 2.05) is 12.1 Å². The summed E-state index contributed by atoms with van der Waals surface area (Å²) >= 11 is 0. The van der Waals surface area contributed by atoms with Gasteiger partial charge in [0.1, 0.15) is 17.3 Å². The minimum Gasteiger partial charge on any atom is -0.393 e. The summed E-state index contributed by atoms with van der Waals surface area (Å²) in [6.45, 7) is 4.11. The Balaban J connectivity index is 1.14. The average Bonchev–Trinajstić information content (AvgIpc) is 3.44. The van der Waals surface area contributed by atoms with Crippen LogP contribution in [-0.2, 0) is 0 Å². The van der Waals surface area contributed by atoms with Crippen molar-refractivity contribution in [2.75, 3.05) is 48.8 Å². The number of piperazine rings is 1. The van der Waals surface area contributed by atoms with Crippen LogP contribution in [0.4, 0.5) is 27.5 Å². The summed E-state index contributed by atoms with van der Waals surface area (Å²) < 4.78 is 13.6. The zero-order chi connectivity index (χ0) is 30.0. The van der Waals surface area contributed by atoms with Gasteiger partial charge in [-0.3, -0.25) is 4.79 Å². The summed E-state index contributed by atoms with van der Waals surface area (Å²) in [6.07, 6.45) is 6.39. The van der Waals surface area contributed by atoms with Crippen molar-refractivity contribution in [3.63, 3.8) is 0 Å². The second-order valence-corrected chi connectivity index (χ2v) is 13.5. The molecule has 2 unspecified atom stereocenters. The number of anilines is 4. The first-order valence-electron chi connectivity index (χ1n) is 15.8. The SMILES string of the molecule is CN1CCN(c2ccc(Nc3nc(NC45CC6CC(C4)C(O)C(C6)C5)c4c(C(=O)c5ccc(F)cc5)c[nH]c4n3)cc2)CC1. The Morgan fingerprint density at radius 2 is 1.68 bits per heavy atom. The number of H-pyrrole nitrogens is 1. The van der Waals surface area contributed by atoms with Gasteiger partial charge in [-0.1, -0.05) is 0 Å². The summed E-state index contributed by atoms with van der Waals surface area (Å²) in [5, 5.41) is 18.7. The van der Waals surface area contributed by atoms with Crippen molar-refractivity contribution in [2.45, 2.75) is 43.7 Å². The van der Waals surface area contributed by atoms with Crippen molar-refractivity contribution in [1.82, 2.24) is 19.9 Å². The van der Waals surface area contributed by atoms with Crippen molar-refractivity contribution in [2.24, 2.45) is 17.8 Å². The van der Waals surface area contributed by atoms with E-state index in [2.05, 4.69) is 44.6 Å². The number of hydrogen-bond donors (Lipinski definition) is 4. The number of halogens is 1. The highest BCUT2D eigenvalue weighted by Gasteiger charge is 2.55. The Labute approximate surface area is 255 Å². The Morgan fingerprint density at radius 1 is 0.977 bits per heavy atom. The standard InChI is InChI=1S/C34H38FN7O2/c1-41-10-12-42(13-11-41)26-8-6-25(7-9-26)37-33-38-31-28(27(19-36-31)30(44)21-2-4-24(35)5-3-21)32(39-33)40-34-16-20-14-22(17-34)29(43)23(15-20)18-34/h2-9,19-20,22-23,29,43H,10-18H2,1H3,(H3,36,37,38,39,40). The fraction of sp³-hybridized carbons (Fsp3) is 0.441. The Bertz CT molecular complexity index is 1680. The van der Waals surface area contributed by atoms with Crippen LogP contribution in [0.15, 0.2) is 54.7 Å². The van der Waals surface area contributed by atoms with Crippen LogP contribution in [0.5, 0.6) is 0 Å². The van der Waals surface area contributed by atoms with Crippen LogP contribution in [-0.4, -0.2) is 75.6 Å². The Morgan fingerprint density at radius 3 is 2.39 bits per heavy atom. The summed E-state index contributed by atoms with van der Waals surface area (Å²) in [4.78, 5) is 31.4. The number of aromatic amines is 1. The number of rotatable bonds is 7. The van der Waals surface area contributed by atoms with Gasteiger partial charge in [0, 0.05) is 54.9 Å². The number of nitrogens with zero attached hydrogens (tertiary/aromatic N) is 4. The molecule has 4 N–H and O–H groups in total. The van der Waals surface area contributed by atoms with Crippen LogP contribution in [0, 0.1) is 23.6 Å². The third-order valence-electron chi connectivity index (χ3n) is 10.5. The molecule has 4 aromatic rings. The highest BCUT2D eigenvalue weighted by Crippen LogP contribution is 2.57. The molecule has 4 saturated carbocycles. The van der Waals surface area contributed by atoms with Crippen LogP contribution in [0.1, 0.15) is 48.0 Å². The molecule has 228 valence electrons. The molecular weight excluding hydrogens is 557 g/mol. The van der Waals surface area contributed by atoms with Crippen molar-refractivity contribution in [3.05, 3.63) is 71.7 Å². The van der Waals surface area contributed by atoms with Gasteiger partial charge in [-0.05, 0) is 105 Å². The molecule has 3 heterocycles. The molecule has 4 aliphatic carbocycles. The summed E-state index contributed by atoms with van der Waals surface area (Å²) in [7, 11) is 2.16. The summed E-state index contributed by atoms with van der Waals surface area (Å²) in [5.41, 5.74) is 3.28. The number of hydrogen-bond acceptors (Lipinski definition) is 8. The lowest BCUT2D eigenvalue weighted by Crippen LogP contribution is -2.60. The smallest absolute Gasteiger partial charge is 0.231 e. The predicted molar refractivity (Wildman–Crippen MR) is 169 cm³/mol. The van der Waals surface area contributed by atoms with Crippen molar-refractivity contribution in [1.29, 1.82) is 0 Å². The highest BCUT2D eigenvalue weighted by atomic mass is 19.1. The molecule has 10 heteroatoms. The average molecular weight is 596 g/mol. The summed E-state index contributed by atoms with van der Waals surface area (Å²) in [6, 6.07) is 14.0. The van der Waals surface area contributed by atoms with E-state index in [-0.39, 0.29) is 35.1 Å². The summed E-state index contributed by atoms with van der Waals surface area (Å²) in [5.74, 6) is 1.59. The number of ketones is 1. The molecule has 44 heavy (non-hydrogen) atoms. The van der Waals surface area contributed by atoms with Gasteiger partial charge in [0.05, 0.1) is 17.1 Å². The number of aliphatic hydroxyl groups is 1. The minimum absolute atomic E-state index is 0.189. The van der Waals surface area contributed by atoms with Crippen molar-refractivity contribution < 1.29 is 14.3 Å². The monoisotopic (exact) mass is 595 g/mol. The number of carbonyl (C=O) groups is 1. The van der Waals surface area contributed by atoms with E-state index in [1.165, 1.54) is 30.0 Å². The first kappa shape index (κ1) is 27.5. The van der Waals surface area contributed by atoms with E-state index >= 15 is 0 Å². The topological polar surface area (TPSA) is 109 Å². The van der Waals surface area contributed by atoms with Crippen molar-refractivity contribution in [3.8, 4) is 0 Å². The molecular formula is C34H38FN7O2. The van der Waals surface area contributed by atoms with Crippen LogP contribution >= 0.6 is 0 Å². The zero-order valence-electron chi connectivity index (χ0n) is 24.9. The number of carbonyl (C=O) groups excluding carboxylic acids is 1. The third-order valence-corrected chi connectivity index (χ3v) is 10.5. The molecule has 9 rings (SSSR count). The maximum absolute atomic E-state index is 13.7. The van der Waals surface area contributed by atoms with Gasteiger partial charge in [-0.25, -0.2) is 4.39 Å². The lowest BCUT2D eigenvalue weighted by molar-refractivity contribution is -0.0961. The maximum atomic E-state index is 13.7. The molecule has 1 saturated heterocycles.